The highest BCUT2D eigenvalue weighted by molar-refractivity contribution is 7.21. The lowest BCUT2D eigenvalue weighted by atomic mass is 10.1. The van der Waals surface area contributed by atoms with Crippen molar-refractivity contribution in [2.45, 2.75) is 6.92 Å². The van der Waals surface area contributed by atoms with Crippen molar-refractivity contribution in [1.29, 1.82) is 0 Å². The highest BCUT2D eigenvalue weighted by atomic mass is 32.1. The van der Waals surface area contributed by atoms with E-state index in [1.54, 1.807) is 11.3 Å². The number of fused-ring (bicyclic) bond motifs is 2. The summed E-state index contributed by atoms with van der Waals surface area (Å²) in [6.45, 7) is 2.09. The normalized spacial score (nSPS) is 14.6. The molecule has 0 aliphatic carbocycles. The van der Waals surface area contributed by atoms with Gasteiger partial charge < -0.3 is 5.32 Å². The number of aliphatic imine (C=N–C) groups is 1. The molecule has 0 spiro atoms. The van der Waals surface area contributed by atoms with Crippen molar-refractivity contribution < 1.29 is 4.79 Å². The van der Waals surface area contributed by atoms with Gasteiger partial charge in [-0.3, -0.25) is 4.79 Å². The minimum Gasteiger partial charge on any atom is -0.320 e. The summed E-state index contributed by atoms with van der Waals surface area (Å²) in [5, 5.41) is 3.83. The van der Waals surface area contributed by atoms with Crippen LogP contribution >= 0.6 is 11.3 Å². The number of nitrogens with one attached hydrogen (secondary N) is 1. The topological polar surface area (TPSA) is 54.4 Å². The van der Waals surface area contributed by atoms with E-state index in [0.29, 0.717) is 5.71 Å². The Balaban J connectivity index is 1.49. The molecular weight excluding hydrogens is 354 g/mol. The van der Waals surface area contributed by atoms with Gasteiger partial charge in [-0.15, -0.1) is 11.3 Å². The molecule has 0 saturated carbocycles. The first kappa shape index (κ1) is 15.9. The van der Waals surface area contributed by atoms with E-state index in [0.717, 1.165) is 33.0 Å². The van der Waals surface area contributed by atoms with Crippen LogP contribution in [0, 0.1) is 6.92 Å². The number of anilines is 1. The van der Waals surface area contributed by atoms with Crippen LogP contribution in [0.15, 0.2) is 71.7 Å². The first-order valence-corrected chi connectivity index (χ1v) is 9.46. The highest BCUT2D eigenvalue weighted by Crippen LogP contribution is 2.32. The van der Waals surface area contributed by atoms with E-state index in [1.807, 2.05) is 48.5 Å². The minimum atomic E-state index is -0.165. The second-order valence-electron chi connectivity index (χ2n) is 6.50. The van der Waals surface area contributed by atoms with Crippen LogP contribution in [0.4, 0.5) is 11.4 Å². The van der Waals surface area contributed by atoms with Crippen LogP contribution in [0.1, 0.15) is 11.1 Å². The number of carbonyl (C=O) groups is 1. The van der Waals surface area contributed by atoms with E-state index in [9.17, 15) is 4.79 Å². The lowest BCUT2D eigenvalue weighted by molar-refractivity contribution is -0.110. The molecule has 1 aromatic heterocycles. The zero-order valence-corrected chi connectivity index (χ0v) is 15.4. The molecule has 0 fully saturated rings. The molecular formula is C22H15N3OS. The van der Waals surface area contributed by atoms with Gasteiger partial charge in [0.1, 0.15) is 10.7 Å². The van der Waals surface area contributed by atoms with Crippen LogP contribution in [0.3, 0.4) is 0 Å². The summed E-state index contributed by atoms with van der Waals surface area (Å²) in [7, 11) is 0. The Bertz CT molecular complexity index is 1220. The number of hydrogen-bond acceptors (Lipinski definition) is 4. The third-order valence-corrected chi connectivity index (χ3v) is 5.61. The van der Waals surface area contributed by atoms with E-state index in [1.165, 1.54) is 10.3 Å². The number of rotatable bonds is 2. The summed E-state index contributed by atoms with van der Waals surface area (Å²) >= 11 is 1.68. The quantitative estimate of drug-likeness (QED) is 0.518. The fourth-order valence-electron chi connectivity index (χ4n) is 3.18. The minimum absolute atomic E-state index is 0.165. The fraction of sp³-hybridized carbons (Fsp3) is 0.0455. The number of hydrogen-bond donors (Lipinski definition) is 1. The van der Waals surface area contributed by atoms with Gasteiger partial charge in [0.2, 0.25) is 0 Å². The largest absolute Gasteiger partial charge is 0.320 e. The van der Waals surface area contributed by atoms with Crippen LogP contribution in [-0.2, 0) is 4.79 Å². The Labute approximate surface area is 160 Å². The predicted molar refractivity (Wildman–Crippen MR) is 111 cm³/mol. The van der Waals surface area contributed by atoms with E-state index in [2.05, 4.69) is 35.4 Å². The molecule has 1 aliphatic rings. The molecule has 1 N–H and O–H groups in total. The molecule has 0 atom stereocenters. The van der Waals surface area contributed by atoms with Gasteiger partial charge in [0.05, 0.1) is 21.6 Å². The van der Waals surface area contributed by atoms with E-state index < -0.39 is 0 Å². The van der Waals surface area contributed by atoms with Gasteiger partial charge in [-0.25, -0.2) is 9.98 Å². The summed E-state index contributed by atoms with van der Waals surface area (Å²) < 4.78 is 1.19. The zero-order chi connectivity index (χ0) is 18.4. The van der Waals surface area contributed by atoms with Crippen molar-refractivity contribution in [2.75, 3.05) is 5.32 Å². The molecule has 4 nitrogen and oxygen atoms in total. The Kier molecular flexibility index (Phi) is 3.62. The van der Waals surface area contributed by atoms with Gasteiger partial charge in [0, 0.05) is 11.1 Å². The number of thiazole rings is 1. The second kappa shape index (κ2) is 6.14. The molecule has 130 valence electrons. The first-order valence-electron chi connectivity index (χ1n) is 8.64. The smallest absolute Gasteiger partial charge is 0.275 e. The molecule has 0 bridgehead atoms. The molecule has 5 heteroatoms. The maximum absolute atomic E-state index is 12.2. The lowest BCUT2D eigenvalue weighted by Gasteiger charge is -2.00. The van der Waals surface area contributed by atoms with E-state index >= 15 is 0 Å². The fourth-order valence-corrected chi connectivity index (χ4v) is 4.25. The Hall–Kier alpha value is -3.31. The van der Waals surface area contributed by atoms with Crippen molar-refractivity contribution in [1.82, 2.24) is 4.98 Å². The zero-order valence-electron chi connectivity index (χ0n) is 14.6. The van der Waals surface area contributed by atoms with Gasteiger partial charge >= 0.3 is 0 Å². The van der Waals surface area contributed by atoms with Crippen LogP contribution in [0.2, 0.25) is 0 Å². The third kappa shape index (κ3) is 2.82. The molecule has 27 heavy (non-hydrogen) atoms. The summed E-state index contributed by atoms with van der Waals surface area (Å²) in [6.07, 6.45) is 0. The van der Waals surface area contributed by atoms with Crippen LogP contribution in [-0.4, -0.2) is 16.6 Å². The first-order chi connectivity index (χ1) is 13.2. The number of aryl methyl sites for hydroxylation is 1. The highest BCUT2D eigenvalue weighted by Gasteiger charge is 2.25. The third-order valence-electron chi connectivity index (χ3n) is 4.54. The number of benzene rings is 3. The van der Waals surface area contributed by atoms with E-state index in [-0.39, 0.29) is 5.91 Å². The molecule has 1 amide bonds. The lowest BCUT2D eigenvalue weighted by Crippen LogP contribution is -2.13. The van der Waals surface area contributed by atoms with Crippen molar-refractivity contribution >= 4 is 44.5 Å². The molecule has 3 aromatic carbocycles. The van der Waals surface area contributed by atoms with Gasteiger partial charge in [-0.2, -0.15) is 0 Å². The number of aromatic nitrogens is 1. The van der Waals surface area contributed by atoms with E-state index in [4.69, 9.17) is 4.98 Å². The summed E-state index contributed by atoms with van der Waals surface area (Å²) in [5.74, 6) is -0.165. The average Bonchev–Trinajstić information content (AvgIpc) is 3.23. The Morgan fingerprint density at radius 3 is 2.67 bits per heavy atom. The number of nitrogens with zero attached hydrogens (tertiary/aromatic N) is 2. The summed E-state index contributed by atoms with van der Waals surface area (Å²) in [5.41, 5.74) is 6.15. The van der Waals surface area contributed by atoms with Crippen molar-refractivity contribution in [3.8, 4) is 10.6 Å². The Morgan fingerprint density at radius 1 is 1.00 bits per heavy atom. The molecule has 1 aliphatic heterocycles. The van der Waals surface area contributed by atoms with Gasteiger partial charge in [0.15, 0.2) is 0 Å². The predicted octanol–water partition coefficient (Wildman–Crippen LogP) is 5.34. The average molecular weight is 369 g/mol. The summed E-state index contributed by atoms with van der Waals surface area (Å²) in [6, 6.07) is 21.7. The van der Waals surface area contributed by atoms with Crippen LogP contribution in [0.25, 0.3) is 20.8 Å². The molecule has 4 aromatic rings. The molecule has 0 unspecified atom stereocenters. The standard InChI is InChI=1S/C22H15N3OS/c1-13-6-11-18-19(12-13)27-22(25-18)14-7-9-15(10-8-14)23-20-16-4-2-3-5-17(16)24-21(20)26/h2-12H,1H3,(H,23,24,26). The van der Waals surface area contributed by atoms with Gasteiger partial charge in [-0.1, -0.05) is 24.3 Å². The number of amides is 1. The SMILES string of the molecule is Cc1ccc2nc(-c3ccc(N=C4C(=O)Nc5ccccc54)cc3)sc2c1. The van der Waals surface area contributed by atoms with Crippen LogP contribution in [0.5, 0.6) is 0 Å². The van der Waals surface area contributed by atoms with Crippen molar-refractivity contribution in [3.05, 3.63) is 77.9 Å². The molecule has 0 radical (unpaired) electrons. The molecule has 0 saturated heterocycles. The second-order valence-corrected chi connectivity index (χ2v) is 7.53. The monoisotopic (exact) mass is 369 g/mol. The number of carbonyl (C=O) groups excluding carboxylic acids is 1. The number of para-hydroxylation sites is 1. The molecule has 5 rings (SSSR count). The molecule has 2 heterocycles. The van der Waals surface area contributed by atoms with Crippen molar-refractivity contribution in [3.63, 3.8) is 0 Å². The van der Waals surface area contributed by atoms with Crippen molar-refractivity contribution in [2.24, 2.45) is 4.99 Å². The van der Waals surface area contributed by atoms with Gasteiger partial charge in [-0.05, 0) is 55.0 Å². The maximum Gasteiger partial charge on any atom is 0.275 e. The summed E-state index contributed by atoms with van der Waals surface area (Å²) in [4.78, 5) is 21.5. The van der Waals surface area contributed by atoms with Gasteiger partial charge in [0.25, 0.3) is 5.91 Å². The van der Waals surface area contributed by atoms with Crippen LogP contribution < -0.4 is 5.32 Å². The maximum atomic E-state index is 12.2. The Morgan fingerprint density at radius 2 is 1.81 bits per heavy atom.